The van der Waals surface area contributed by atoms with E-state index >= 15 is 0 Å². The Hall–Kier alpha value is -5.45. The number of carbonyl (C=O) groups excluding carboxylic acids is 3. The number of benzene rings is 2. The van der Waals surface area contributed by atoms with E-state index in [0.29, 0.717) is 23.1 Å². The van der Waals surface area contributed by atoms with Crippen LogP contribution in [-0.2, 0) is 4.79 Å². The van der Waals surface area contributed by atoms with Gasteiger partial charge in [-0.15, -0.1) is 0 Å². The van der Waals surface area contributed by atoms with Gasteiger partial charge in [-0.2, -0.15) is 0 Å². The third-order valence-corrected chi connectivity index (χ3v) is 6.40. The first-order valence-electron chi connectivity index (χ1n) is 12.4. The summed E-state index contributed by atoms with van der Waals surface area (Å²) in [7, 11) is 0. The highest BCUT2D eigenvalue weighted by molar-refractivity contribution is 6.09. The van der Waals surface area contributed by atoms with Gasteiger partial charge >= 0.3 is 0 Å². The van der Waals surface area contributed by atoms with Gasteiger partial charge in [-0.3, -0.25) is 24.7 Å². The minimum absolute atomic E-state index is 0.140. The Bertz CT molecular complexity index is 1700. The van der Waals surface area contributed by atoms with Gasteiger partial charge in [0.05, 0.1) is 17.0 Å². The molecule has 0 bridgehead atoms. The van der Waals surface area contributed by atoms with Gasteiger partial charge in [-0.1, -0.05) is 48.6 Å². The lowest BCUT2D eigenvalue weighted by Gasteiger charge is -2.16. The average molecular weight is 521 g/mol. The van der Waals surface area contributed by atoms with Crippen LogP contribution < -0.4 is 26.6 Å². The Labute approximate surface area is 222 Å². The maximum Gasteiger partial charge on any atom is 0.276 e. The Morgan fingerprint density at radius 3 is 2.54 bits per heavy atom. The summed E-state index contributed by atoms with van der Waals surface area (Å²) in [6.07, 6.45) is 12.6. The van der Waals surface area contributed by atoms with Crippen molar-refractivity contribution in [3.05, 3.63) is 96.6 Å². The molecule has 6 rings (SSSR count). The number of carbonyl (C=O) groups is 3. The molecular weight excluding hydrogens is 496 g/mol. The molecule has 194 valence electrons. The van der Waals surface area contributed by atoms with Gasteiger partial charge < -0.3 is 26.3 Å². The molecular formula is C28H24N8O3. The van der Waals surface area contributed by atoms with Gasteiger partial charge in [0.1, 0.15) is 11.2 Å². The highest BCUT2D eigenvalue weighted by Gasteiger charge is 2.22. The van der Waals surface area contributed by atoms with E-state index < -0.39 is 18.1 Å². The number of aromatic nitrogens is 3. The summed E-state index contributed by atoms with van der Waals surface area (Å²) in [5, 5.41) is 16.2. The normalized spacial score (nSPS) is 16.2. The number of H-pyrrole nitrogens is 1. The molecule has 0 saturated carbocycles. The van der Waals surface area contributed by atoms with Crippen molar-refractivity contribution in [2.45, 2.75) is 12.7 Å². The van der Waals surface area contributed by atoms with Gasteiger partial charge in [0.25, 0.3) is 11.8 Å². The molecule has 0 radical (unpaired) electrons. The lowest BCUT2D eigenvalue weighted by molar-refractivity contribution is -0.118. The monoisotopic (exact) mass is 520 g/mol. The second-order valence-corrected chi connectivity index (χ2v) is 9.09. The number of nitrogens with one attached hydrogen (secondary N) is 6. The molecule has 2 aromatic carbocycles. The molecule has 11 nitrogen and oxygen atoms in total. The number of anilines is 2. The van der Waals surface area contributed by atoms with Crippen LogP contribution in [0.1, 0.15) is 27.3 Å². The zero-order chi connectivity index (χ0) is 26.8. The predicted octanol–water partition coefficient (Wildman–Crippen LogP) is 3.11. The topological polar surface area (TPSA) is 153 Å². The molecule has 2 aromatic heterocycles. The molecule has 2 aliphatic rings. The summed E-state index contributed by atoms with van der Waals surface area (Å²) < 4.78 is 0. The van der Waals surface area contributed by atoms with Crippen molar-refractivity contribution in [1.29, 1.82) is 0 Å². The molecule has 39 heavy (non-hydrogen) atoms. The van der Waals surface area contributed by atoms with Crippen LogP contribution in [0.4, 0.5) is 11.6 Å². The van der Waals surface area contributed by atoms with E-state index in [1.807, 2.05) is 48.6 Å². The summed E-state index contributed by atoms with van der Waals surface area (Å²) in [4.78, 5) is 50.8. The molecule has 1 atom stereocenters. The number of amides is 3. The summed E-state index contributed by atoms with van der Waals surface area (Å²) in [6.45, 7) is 0. The quantitative estimate of drug-likeness (QED) is 0.228. The Kier molecular flexibility index (Phi) is 6.21. The van der Waals surface area contributed by atoms with Crippen LogP contribution in [0.15, 0.2) is 85.4 Å². The van der Waals surface area contributed by atoms with Gasteiger partial charge in [0.2, 0.25) is 11.9 Å². The second-order valence-electron chi connectivity index (χ2n) is 9.09. The first-order chi connectivity index (χ1) is 19.0. The van der Waals surface area contributed by atoms with Crippen molar-refractivity contribution in [3.8, 4) is 0 Å². The van der Waals surface area contributed by atoms with Gasteiger partial charge in [0.15, 0.2) is 6.29 Å². The fourth-order valence-corrected chi connectivity index (χ4v) is 4.44. The summed E-state index contributed by atoms with van der Waals surface area (Å²) in [6, 6.07) is 12.6. The van der Waals surface area contributed by atoms with E-state index in [9.17, 15) is 14.4 Å². The molecule has 0 fully saturated rings. The third kappa shape index (κ3) is 5.05. The minimum Gasteiger partial charge on any atom is -0.353 e. The van der Waals surface area contributed by atoms with Crippen LogP contribution in [0, 0.1) is 5.92 Å². The first kappa shape index (κ1) is 23.9. The summed E-state index contributed by atoms with van der Waals surface area (Å²) in [5.41, 5.74) is 1.66. The second kappa shape index (κ2) is 10.1. The number of hydrogen-bond donors (Lipinski definition) is 6. The number of nitrogens with zero attached hydrogens (tertiary/aromatic N) is 2. The van der Waals surface area contributed by atoms with Crippen LogP contribution in [0.25, 0.3) is 21.8 Å². The summed E-state index contributed by atoms with van der Waals surface area (Å²) >= 11 is 0. The van der Waals surface area contributed by atoms with Crippen LogP contribution in [0.2, 0.25) is 0 Å². The van der Waals surface area contributed by atoms with Crippen LogP contribution in [0.3, 0.4) is 0 Å². The lowest BCUT2D eigenvalue weighted by Crippen LogP contribution is -2.48. The molecule has 0 saturated heterocycles. The number of fused-ring (bicyclic) bond motifs is 2. The summed E-state index contributed by atoms with van der Waals surface area (Å²) in [5.74, 6) is -1.25. The maximum absolute atomic E-state index is 13.2. The van der Waals surface area contributed by atoms with E-state index in [0.717, 1.165) is 10.8 Å². The van der Waals surface area contributed by atoms with Crippen LogP contribution in [0.5, 0.6) is 0 Å². The van der Waals surface area contributed by atoms with Crippen LogP contribution in [-0.4, -0.2) is 39.0 Å². The first-order valence-corrected chi connectivity index (χ1v) is 12.4. The average Bonchev–Trinajstić information content (AvgIpc) is 3.62. The fourth-order valence-electron chi connectivity index (χ4n) is 4.44. The lowest BCUT2D eigenvalue weighted by atomic mass is 10.00. The van der Waals surface area contributed by atoms with Crippen molar-refractivity contribution < 1.29 is 14.4 Å². The molecule has 0 spiro atoms. The van der Waals surface area contributed by atoms with Crippen LogP contribution >= 0.6 is 0 Å². The SMILES string of the molecule is O=C(Nc1nc2c(C(=O)NC3NC=CN3)cc(NC(=O)C3C=CC=CC3)cc2[nH]1)c1cc2ccccc2cn1. The van der Waals surface area contributed by atoms with Crippen molar-refractivity contribution >= 4 is 51.2 Å². The van der Waals surface area contributed by atoms with Gasteiger partial charge in [0, 0.05) is 29.7 Å². The number of aromatic amines is 1. The smallest absolute Gasteiger partial charge is 0.276 e. The standard InChI is InChI=1S/C28H24N8O3/c37-24(16-6-2-1-3-7-16)32-19-13-20(25(38)35-27-29-10-11-30-27)23-21(14-19)33-28(34-23)36-26(39)22-12-17-8-4-5-9-18(17)15-31-22/h1-6,8-16,27,29-30H,7H2,(H,32,37)(H,35,38)(H2,33,34,36,39). The zero-order valence-corrected chi connectivity index (χ0v) is 20.6. The molecule has 1 aliphatic carbocycles. The molecule has 3 amide bonds. The van der Waals surface area contributed by atoms with Crippen molar-refractivity contribution in [2.24, 2.45) is 5.92 Å². The van der Waals surface area contributed by atoms with Crippen molar-refractivity contribution in [3.63, 3.8) is 0 Å². The van der Waals surface area contributed by atoms with Crippen molar-refractivity contribution in [2.75, 3.05) is 10.6 Å². The predicted molar refractivity (Wildman–Crippen MR) is 147 cm³/mol. The Balaban J connectivity index is 1.30. The molecule has 1 aliphatic heterocycles. The number of pyridine rings is 1. The van der Waals surface area contributed by atoms with E-state index in [4.69, 9.17) is 0 Å². The highest BCUT2D eigenvalue weighted by Crippen LogP contribution is 2.26. The Morgan fingerprint density at radius 1 is 0.923 bits per heavy atom. The Morgan fingerprint density at radius 2 is 1.74 bits per heavy atom. The van der Waals surface area contributed by atoms with Gasteiger partial charge in [-0.05, 0) is 30.0 Å². The number of hydrogen-bond acceptors (Lipinski definition) is 7. The van der Waals surface area contributed by atoms with E-state index in [-0.39, 0.29) is 29.0 Å². The van der Waals surface area contributed by atoms with E-state index in [1.165, 1.54) is 0 Å². The third-order valence-electron chi connectivity index (χ3n) is 6.40. The number of allylic oxidation sites excluding steroid dienone is 3. The fraction of sp³-hybridized carbons (Fsp3) is 0.107. The molecule has 4 aromatic rings. The molecule has 6 N–H and O–H groups in total. The van der Waals surface area contributed by atoms with E-state index in [1.54, 1.807) is 36.8 Å². The zero-order valence-electron chi connectivity index (χ0n) is 20.6. The highest BCUT2D eigenvalue weighted by atomic mass is 16.2. The number of rotatable bonds is 6. The largest absolute Gasteiger partial charge is 0.353 e. The van der Waals surface area contributed by atoms with Gasteiger partial charge in [-0.25, -0.2) is 4.98 Å². The molecule has 3 heterocycles. The maximum atomic E-state index is 13.2. The van der Waals surface area contributed by atoms with Crippen molar-refractivity contribution in [1.82, 2.24) is 30.9 Å². The minimum atomic E-state index is -0.498. The molecule has 1 unspecified atom stereocenters. The molecule has 11 heteroatoms. The number of imidazole rings is 1. The van der Waals surface area contributed by atoms with E-state index in [2.05, 4.69) is 41.5 Å².